The second-order valence-corrected chi connectivity index (χ2v) is 10.00. The number of likely N-dealkylation sites (N-methyl/N-ethyl adjacent to an activating group) is 1. The van der Waals surface area contributed by atoms with E-state index in [1.165, 1.54) is 34.4 Å². The fourth-order valence-corrected chi connectivity index (χ4v) is 5.49. The summed E-state index contributed by atoms with van der Waals surface area (Å²) in [5.74, 6) is -1.34. The van der Waals surface area contributed by atoms with Gasteiger partial charge in [0, 0.05) is 30.6 Å². The third-order valence-electron chi connectivity index (χ3n) is 5.15. The van der Waals surface area contributed by atoms with Crippen LogP contribution in [0.3, 0.4) is 0 Å². The van der Waals surface area contributed by atoms with Crippen molar-refractivity contribution in [2.24, 2.45) is 0 Å². The fraction of sp³-hybridized carbons (Fsp3) is 0.250. The van der Waals surface area contributed by atoms with Gasteiger partial charge in [0.05, 0.1) is 27.6 Å². The van der Waals surface area contributed by atoms with Crippen LogP contribution in [0.5, 0.6) is 0 Å². The molecule has 2 heterocycles. The number of hydrogen-bond donors (Lipinski definition) is 3. The van der Waals surface area contributed by atoms with E-state index in [1.807, 2.05) is 11.9 Å². The summed E-state index contributed by atoms with van der Waals surface area (Å²) in [6.07, 6.45) is 0.859. The number of hydrogen-bond acceptors (Lipinski definition) is 7. The van der Waals surface area contributed by atoms with Crippen LogP contribution in [0.25, 0.3) is 0 Å². The molecule has 1 aliphatic heterocycles. The molecule has 0 spiro atoms. The average molecular weight is 500 g/mol. The number of rotatable bonds is 7. The summed E-state index contributed by atoms with van der Waals surface area (Å²) in [6.45, 7) is 1.27. The Morgan fingerprint density at radius 1 is 1.22 bits per heavy atom. The molecule has 7 nitrogen and oxygen atoms in total. The maximum atomic E-state index is 14.8. The lowest BCUT2D eigenvalue weighted by atomic mass is 10.2. The topological polar surface area (TPSA) is 86.4 Å². The van der Waals surface area contributed by atoms with Gasteiger partial charge in [0.1, 0.15) is 16.5 Å². The number of anilines is 4. The highest BCUT2D eigenvalue weighted by molar-refractivity contribution is 7.92. The number of nitrogens with one attached hydrogen (secondary N) is 3. The Morgan fingerprint density at radius 2 is 2.03 bits per heavy atom. The summed E-state index contributed by atoms with van der Waals surface area (Å²) in [5.41, 5.74) is 2.32. The molecule has 1 unspecified atom stereocenters. The van der Waals surface area contributed by atoms with Gasteiger partial charge < -0.3 is 15.5 Å². The van der Waals surface area contributed by atoms with Crippen LogP contribution in [0.2, 0.25) is 5.02 Å². The number of para-hydroxylation sites is 1. The largest absolute Gasteiger partial charge is 0.366 e. The molecule has 0 amide bonds. The van der Waals surface area contributed by atoms with Crippen molar-refractivity contribution in [2.75, 3.05) is 35.1 Å². The molecule has 1 atom stereocenters. The first kappa shape index (κ1) is 22.7. The standard InChI is InChI=1S/C20H20ClF2N5O2S2/c1-24-12-5-6-28(9-12)20-14(22)3-2-4-16(20)26-17-8-15(23)18(7-13(17)21)32(29,30)27-19-10-31-11-25-19/h2-4,7-8,10-12,24,26-27H,5-6,9H2,1H3. The lowest BCUT2D eigenvalue weighted by Crippen LogP contribution is -2.30. The first-order valence-corrected chi connectivity index (χ1v) is 12.5. The molecule has 4 rings (SSSR count). The van der Waals surface area contributed by atoms with Crippen LogP contribution < -0.4 is 20.3 Å². The number of halogens is 3. The predicted molar refractivity (Wildman–Crippen MR) is 124 cm³/mol. The summed E-state index contributed by atoms with van der Waals surface area (Å²) < 4.78 is 56.8. The molecule has 3 aromatic rings. The van der Waals surface area contributed by atoms with E-state index in [1.54, 1.807) is 6.07 Å². The Labute approximate surface area is 193 Å². The Balaban J connectivity index is 1.64. The van der Waals surface area contributed by atoms with Crippen molar-refractivity contribution in [1.29, 1.82) is 0 Å². The molecule has 1 saturated heterocycles. The maximum absolute atomic E-state index is 14.8. The van der Waals surface area contributed by atoms with E-state index in [9.17, 15) is 17.2 Å². The Morgan fingerprint density at radius 3 is 2.72 bits per heavy atom. The molecule has 2 aromatic carbocycles. The molecule has 0 radical (unpaired) electrons. The van der Waals surface area contributed by atoms with Crippen LogP contribution in [0.4, 0.5) is 31.7 Å². The fourth-order valence-electron chi connectivity index (χ4n) is 3.57. The summed E-state index contributed by atoms with van der Waals surface area (Å²) in [6, 6.07) is 6.78. The number of benzene rings is 2. The van der Waals surface area contributed by atoms with Crippen molar-refractivity contribution in [3.8, 4) is 0 Å². The molecular weight excluding hydrogens is 480 g/mol. The maximum Gasteiger partial charge on any atom is 0.266 e. The van der Waals surface area contributed by atoms with Gasteiger partial charge in [-0.3, -0.25) is 4.72 Å². The Kier molecular flexibility index (Phi) is 6.52. The van der Waals surface area contributed by atoms with E-state index in [4.69, 9.17) is 11.6 Å². The van der Waals surface area contributed by atoms with E-state index in [0.717, 1.165) is 18.6 Å². The molecule has 1 aliphatic rings. The van der Waals surface area contributed by atoms with Gasteiger partial charge in [-0.05, 0) is 31.7 Å². The second-order valence-electron chi connectivity index (χ2n) is 7.22. The highest BCUT2D eigenvalue weighted by Crippen LogP contribution is 2.37. The molecule has 12 heteroatoms. The van der Waals surface area contributed by atoms with Gasteiger partial charge in [0.15, 0.2) is 5.82 Å². The van der Waals surface area contributed by atoms with Crippen molar-refractivity contribution in [2.45, 2.75) is 17.4 Å². The minimum atomic E-state index is -4.23. The average Bonchev–Trinajstić information content (AvgIpc) is 3.42. The Hall–Kier alpha value is -2.47. The number of nitrogens with zero attached hydrogens (tertiary/aromatic N) is 2. The van der Waals surface area contributed by atoms with E-state index in [-0.39, 0.29) is 22.6 Å². The van der Waals surface area contributed by atoms with Gasteiger partial charge >= 0.3 is 0 Å². The van der Waals surface area contributed by atoms with Crippen LogP contribution in [0, 0.1) is 11.6 Å². The molecule has 1 fully saturated rings. The van der Waals surface area contributed by atoms with Gasteiger partial charge in [0.2, 0.25) is 0 Å². The van der Waals surface area contributed by atoms with Gasteiger partial charge in [-0.15, -0.1) is 11.3 Å². The van der Waals surface area contributed by atoms with E-state index in [2.05, 4.69) is 20.3 Å². The zero-order valence-electron chi connectivity index (χ0n) is 16.9. The minimum absolute atomic E-state index is 0.0326. The minimum Gasteiger partial charge on any atom is -0.366 e. The van der Waals surface area contributed by atoms with E-state index in [0.29, 0.717) is 24.5 Å². The summed E-state index contributed by atoms with van der Waals surface area (Å²) in [4.78, 5) is 5.12. The van der Waals surface area contributed by atoms with Crippen molar-refractivity contribution in [3.05, 3.63) is 57.9 Å². The second kappa shape index (κ2) is 9.18. The lowest BCUT2D eigenvalue weighted by molar-refractivity contribution is 0.570. The zero-order chi connectivity index (χ0) is 22.9. The number of sulfonamides is 1. The molecule has 170 valence electrons. The van der Waals surface area contributed by atoms with Crippen LogP contribution in [0.15, 0.2) is 46.1 Å². The SMILES string of the molecule is CNC1CCN(c2c(F)cccc2Nc2cc(F)c(S(=O)(=O)Nc3cscn3)cc2Cl)C1. The summed E-state index contributed by atoms with van der Waals surface area (Å²) >= 11 is 7.48. The highest BCUT2D eigenvalue weighted by Gasteiger charge is 2.27. The molecule has 0 saturated carbocycles. The first-order chi connectivity index (χ1) is 15.3. The molecule has 0 aliphatic carbocycles. The first-order valence-electron chi connectivity index (χ1n) is 9.66. The van der Waals surface area contributed by atoms with Crippen molar-refractivity contribution >= 4 is 55.8 Å². The molecule has 0 bridgehead atoms. The normalized spacial score (nSPS) is 16.4. The van der Waals surface area contributed by atoms with Crippen molar-refractivity contribution in [1.82, 2.24) is 10.3 Å². The van der Waals surface area contributed by atoms with E-state index >= 15 is 0 Å². The Bertz CT molecular complexity index is 1220. The molecular formula is C20H20ClF2N5O2S2. The third kappa shape index (κ3) is 4.65. The summed E-state index contributed by atoms with van der Waals surface area (Å²) in [5, 5.41) is 7.59. The van der Waals surface area contributed by atoms with Gasteiger partial charge in [-0.25, -0.2) is 22.2 Å². The van der Waals surface area contributed by atoms with Crippen LogP contribution in [-0.2, 0) is 10.0 Å². The molecule has 3 N–H and O–H groups in total. The van der Waals surface area contributed by atoms with Gasteiger partial charge in [-0.1, -0.05) is 17.7 Å². The van der Waals surface area contributed by atoms with Gasteiger partial charge in [-0.2, -0.15) is 0 Å². The lowest BCUT2D eigenvalue weighted by Gasteiger charge is -2.23. The van der Waals surface area contributed by atoms with Crippen LogP contribution >= 0.6 is 22.9 Å². The smallest absolute Gasteiger partial charge is 0.266 e. The number of thiazole rings is 1. The van der Waals surface area contributed by atoms with Crippen molar-refractivity contribution in [3.63, 3.8) is 0 Å². The summed E-state index contributed by atoms with van der Waals surface area (Å²) in [7, 11) is -2.37. The monoisotopic (exact) mass is 499 g/mol. The third-order valence-corrected chi connectivity index (χ3v) is 7.42. The zero-order valence-corrected chi connectivity index (χ0v) is 19.3. The molecule has 1 aromatic heterocycles. The van der Waals surface area contributed by atoms with Gasteiger partial charge in [0.25, 0.3) is 10.0 Å². The van der Waals surface area contributed by atoms with Crippen LogP contribution in [-0.4, -0.2) is 39.6 Å². The van der Waals surface area contributed by atoms with E-state index < -0.39 is 26.6 Å². The van der Waals surface area contributed by atoms with Crippen molar-refractivity contribution < 1.29 is 17.2 Å². The predicted octanol–water partition coefficient (Wildman–Crippen LogP) is 4.42. The quantitative estimate of drug-likeness (QED) is 0.446. The highest BCUT2D eigenvalue weighted by atomic mass is 35.5. The van der Waals surface area contributed by atoms with Crippen LogP contribution in [0.1, 0.15) is 6.42 Å². The number of aromatic nitrogens is 1. The molecule has 32 heavy (non-hydrogen) atoms.